The average molecular weight is 416 g/mol. The molecule has 0 aromatic heterocycles. The Hall–Kier alpha value is -3.06. The molecular formula is C21H22ClN3O4. The number of carbonyl (C=O) groups excluding carboxylic acids is 3. The van der Waals surface area contributed by atoms with Crippen LogP contribution in [0.15, 0.2) is 48.5 Å². The minimum absolute atomic E-state index is 0.339. The molecule has 0 spiro atoms. The third-order valence-electron chi connectivity index (χ3n) is 4.80. The molecule has 0 radical (unpaired) electrons. The SMILES string of the molecule is CCC[C@]1(c2ccccc2)NC(=O)N(CC(=O)Nc2ccc(OC)c(Cl)c2)C1=O. The van der Waals surface area contributed by atoms with E-state index in [1.807, 2.05) is 25.1 Å². The van der Waals surface area contributed by atoms with Crippen molar-refractivity contribution in [3.8, 4) is 5.75 Å². The number of amides is 4. The molecule has 1 fully saturated rings. The molecule has 29 heavy (non-hydrogen) atoms. The molecule has 2 N–H and O–H groups in total. The van der Waals surface area contributed by atoms with Gasteiger partial charge in [-0.1, -0.05) is 55.3 Å². The smallest absolute Gasteiger partial charge is 0.325 e. The second-order valence-electron chi connectivity index (χ2n) is 6.74. The number of ether oxygens (including phenoxy) is 1. The molecule has 1 saturated heterocycles. The fourth-order valence-electron chi connectivity index (χ4n) is 3.47. The molecule has 4 amide bonds. The lowest BCUT2D eigenvalue weighted by atomic mass is 9.85. The Morgan fingerprint density at radius 3 is 2.55 bits per heavy atom. The van der Waals surface area contributed by atoms with Gasteiger partial charge in [-0.3, -0.25) is 14.5 Å². The third-order valence-corrected chi connectivity index (χ3v) is 5.10. The van der Waals surface area contributed by atoms with E-state index in [4.69, 9.17) is 16.3 Å². The average Bonchev–Trinajstić information content (AvgIpc) is 2.94. The van der Waals surface area contributed by atoms with Crippen molar-refractivity contribution in [2.45, 2.75) is 25.3 Å². The van der Waals surface area contributed by atoms with Crippen molar-refractivity contribution in [3.63, 3.8) is 0 Å². The van der Waals surface area contributed by atoms with Crippen LogP contribution in [0, 0.1) is 0 Å². The summed E-state index contributed by atoms with van der Waals surface area (Å²) >= 11 is 6.06. The molecule has 2 aromatic carbocycles. The largest absolute Gasteiger partial charge is 0.495 e. The fourth-order valence-corrected chi connectivity index (χ4v) is 3.72. The number of nitrogens with zero attached hydrogens (tertiary/aromatic N) is 1. The molecule has 1 aliphatic rings. The van der Waals surface area contributed by atoms with E-state index >= 15 is 0 Å². The Labute approximate surface area is 174 Å². The molecule has 0 aliphatic carbocycles. The summed E-state index contributed by atoms with van der Waals surface area (Å²) < 4.78 is 5.08. The lowest BCUT2D eigenvalue weighted by Crippen LogP contribution is -2.44. The van der Waals surface area contributed by atoms with E-state index in [0.717, 1.165) is 4.90 Å². The number of imide groups is 1. The van der Waals surface area contributed by atoms with Gasteiger partial charge in [0.2, 0.25) is 5.91 Å². The number of rotatable bonds is 7. The van der Waals surface area contributed by atoms with Gasteiger partial charge in [-0.2, -0.15) is 0 Å². The number of halogens is 1. The highest BCUT2D eigenvalue weighted by Crippen LogP contribution is 2.33. The normalized spacial score (nSPS) is 18.5. The molecule has 1 aliphatic heterocycles. The molecule has 1 atom stereocenters. The Morgan fingerprint density at radius 2 is 1.93 bits per heavy atom. The first-order chi connectivity index (χ1) is 13.9. The maximum Gasteiger partial charge on any atom is 0.325 e. The zero-order valence-electron chi connectivity index (χ0n) is 16.2. The first-order valence-corrected chi connectivity index (χ1v) is 9.62. The quantitative estimate of drug-likeness (QED) is 0.677. The minimum atomic E-state index is -1.16. The predicted molar refractivity (Wildman–Crippen MR) is 110 cm³/mol. The summed E-state index contributed by atoms with van der Waals surface area (Å²) in [5.41, 5.74) is -0.0163. The summed E-state index contributed by atoms with van der Waals surface area (Å²) in [7, 11) is 1.49. The van der Waals surface area contributed by atoms with Gasteiger partial charge in [0, 0.05) is 5.69 Å². The van der Waals surface area contributed by atoms with Gasteiger partial charge in [0.05, 0.1) is 12.1 Å². The van der Waals surface area contributed by atoms with E-state index in [0.29, 0.717) is 34.9 Å². The molecule has 2 aromatic rings. The maximum absolute atomic E-state index is 13.2. The van der Waals surface area contributed by atoms with Gasteiger partial charge in [0.15, 0.2) is 0 Å². The fraction of sp³-hybridized carbons (Fsp3) is 0.286. The van der Waals surface area contributed by atoms with Crippen LogP contribution >= 0.6 is 11.6 Å². The zero-order valence-corrected chi connectivity index (χ0v) is 17.0. The van der Waals surface area contributed by atoms with E-state index in [1.165, 1.54) is 13.2 Å². The molecule has 0 unspecified atom stereocenters. The zero-order chi connectivity index (χ0) is 21.0. The van der Waals surface area contributed by atoms with Gasteiger partial charge in [-0.05, 0) is 30.2 Å². The van der Waals surface area contributed by atoms with Gasteiger partial charge in [0.1, 0.15) is 17.8 Å². The van der Waals surface area contributed by atoms with Gasteiger partial charge in [-0.15, -0.1) is 0 Å². The summed E-state index contributed by atoms with van der Waals surface area (Å²) in [6, 6.07) is 13.3. The van der Waals surface area contributed by atoms with E-state index in [2.05, 4.69) is 10.6 Å². The lowest BCUT2D eigenvalue weighted by molar-refractivity contribution is -0.134. The van der Waals surface area contributed by atoms with Crippen molar-refractivity contribution in [2.24, 2.45) is 0 Å². The van der Waals surface area contributed by atoms with Crippen molar-refractivity contribution in [3.05, 3.63) is 59.1 Å². The number of urea groups is 1. The Bertz CT molecular complexity index is 935. The molecular weight excluding hydrogens is 394 g/mol. The van der Waals surface area contributed by atoms with Crippen LogP contribution in [0.2, 0.25) is 5.02 Å². The Balaban J connectivity index is 1.77. The molecule has 7 nitrogen and oxygen atoms in total. The number of anilines is 1. The first kappa shape index (κ1) is 20.7. The van der Waals surface area contributed by atoms with Crippen molar-refractivity contribution < 1.29 is 19.1 Å². The van der Waals surface area contributed by atoms with Gasteiger partial charge >= 0.3 is 6.03 Å². The number of nitrogens with one attached hydrogen (secondary N) is 2. The van der Waals surface area contributed by atoms with Crippen LogP contribution < -0.4 is 15.4 Å². The van der Waals surface area contributed by atoms with E-state index in [9.17, 15) is 14.4 Å². The Morgan fingerprint density at radius 1 is 1.21 bits per heavy atom. The van der Waals surface area contributed by atoms with Crippen LogP contribution in [0.1, 0.15) is 25.3 Å². The summed E-state index contributed by atoms with van der Waals surface area (Å²) in [5, 5.41) is 5.79. The van der Waals surface area contributed by atoms with Crippen LogP contribution in [0.3, 0.4) is 0 Å². The first-order valence-electron chi connectivity index (χ1n) is 9.24. The van der Waals surface area contributed by atoms with Crippen molar-refractivity contribution in [2.75, 3.05) is 19.0 Å². The number of methoxy groups -OCH3 is 1. The summed E-state index contributed by atoms with van der Waals surface area (Å²) in [5.74, 6) is -0.459. The molecule has 0 saturated carbocycles. The van der Waals surface area contributed by atoms with E-state index in [1.54, 1.807) is 24.3 Å². The van der Waals surface area contributed by atoms with Crippen LogP contribution in [-0.2, 0) is 15.1 Å². The predicted octanol–water partition coefficient (Wildman–Crippen LogP) is 3.53. The monoisotopic (exact) mass is 415 g/mol. The summed E-state index contributed by atoms with van der Waals surface area (Å²) in [6.45, 7) is 1.54. The maximum atomic E-state index is 13.2. The second kappa shape index (κ2) is 8.53. The van der Waals surface area contributed by atoms with Crippen LogP contribution in [0.25, 0.3) is 0 Å². The standard InChI is InChI=1S/C21H22ClN3O4/c1-3-11-21(14-7-5-4-6-8-14)19(27)25(20(28)24-21)13-18(26)23-15-9-10-17(29-2)16(22)12-15/h4-10,12H,3,11,13H2,1-2H3,(H,23,26)(H,24,28)/t21-/m1/s1. The minimum Gasteiger partial charge on any atom is -0.495 e. The molecule has 8 heteroatoms. The highest BCUT2D eigenvalue weighted by Gasteiger charge is 2.52. The van der Waals surface area contributed by atoms with Crippen LogP contribution in [0.5, 0.6) is 5.75 Å². The second-order valence-corrected chi connectivity index (χ2v) is 7.15. The summed E-state index contributed by atoms with van der Waals surface area (Å²) in [4.78, 5) is 39.1. The lowest BCUT2D eigenvalue weighted by Gasteiger charge is -2.26. The highest BCUT2D eigenvalue weighted by molar-refractivity contribution is 6.32. The number of benzene rings is 2. The van der Waals surface area contributed by atoms with Crippen molar-refractivity contribution in [1.82, 2.24) is 10.2 Å². The van der Waals surface area contributed by atoms with Gasteiger partial charge < -0.3 is 15.4 Å². The molecule has 152 valence electrons. The van der Waals surface area contributed by atoms with Gasteiger partial charge in [-0.25, -0.2) is 4.79 Å². The highest BCUT2D eigenvalue weighted by atomic mass is 35.5. The van der Waals surface area contributed by atoms with Gasteiger partial charge in [0.25, 0.3) is 5.91 Å². The third kappa shape index (κ3) is 4.05. The number of carbonyl (C=O) groups is 3. The number of hydrogen-bond acceptors (Lipinski definition) is 4. The molecule has 3 rings (SSSR count). The van der Waals surface area contributed by atoms with Crippen LogP contribution in [-0.4, -0.2) is 36.4 Å². The van der Waals surface area contributed by atoms with Crippen LogP contribution in [0.4, 0.5) is 10.5 Å². The van der Waals surface area contributed by atoms with E-state index in [-0.39, 0.29) is 0 Å². The summed E-state index contributed by atoms with van der Waals surface area (Å²) in [6.07, 6.45) is 1.12. The molecule has 0 bridgehead atoms. The molecule has 1 heterocycles. The van der Waals surface area contributed by atoms with E-state index < -0.39 is 29.9 Å². The topological polar surface area (TPSA) is 87.7 Å². The van der Waals surface area contributed by atoms with Crippen molar-refractivity contribution in [1.29, 1.82) is 0 Å². The number of hydrogen-bond donors (Lipinski definition) is 2. The Kier molecular flexibility index (Phi) is 6.08. The van der Waals surface area contributed by atoms with Crippen molar-refractivity contribution >= 4 is 35.1 Å².